The summed E-state index contributed by atoms with van der Waals surface area (Å²) < 4.78 is 0. The van der Waals surface area contributed by atoms with Crippen LogP contribution in [0.1, 0.15) is 32.4 Å². The molecule has 2 aliphatic rings. The van der Waals surface area contributed by atoms with Crippen molar-refractivity contribution in [2.45, 2.75) is 39.2 Å². The molecule has 7 nitrogen and oxygen atoms in total. The van der Waals surface area contributed by atoms with Crippen LogP contribution in [-0.4, -0.2) is 63.9 Å². The summed E-state index contributed by atoms with van der Waals surface area (Å²) in [6.07, 6.45) is 2.99. The first-order chi connectivity index (χ1) is 11.3. The highest BCUT2D eigenvalue weighted by atomic mass is 16.2. The Morgan fingerprint density at radius 3 is 2.50 bits per heavy atom. The van der Waals surface area contributed by atoms with E-state index in [1.54, 1.807) is 18.1 Å². The fourth-order valence-corrected chi connectivity index (χ4v) is 3.65. The number of hydrogen-bond donors (Lipinski definition) is 0. The monoisotopic (exact) mass is 331 g/mol. The number of nitrogens with zero attached hydrogens (tertiary/aromatic N) is 5. The minimum atomic E-state index is -0.698. The number of piperidine rings is 1. The minimum Gasteiger partial charge on any atom is -0.341 e. The maximum atomic E-state index is 12.8. The predicted octanol–water partition coefficient (Wildman–Crippen LogP) is 1.67. The number of aryl methyl sites for hydroxylation is 1. The number of aromatic nitrogens is 2. The van der Waals surface area contributed by atoms with Crippen LogP contribution in [0.4, 0.5) is 10.7 Å². The van der Waals surface area contributed by atoms with E-state index in [1.807, 2.05) is 13.0 Å². The molecule has 0 bridgehead atoms. The zero-order chi connectivity index (χ0) is 17.5. The third-order valence-electron chi connectivity index (χ3n) is 4.94. The molecule has 7 heteroatoms. The van der Waals surface area contributed by atoms with E-state index in [2.05, 4.69) is 28.7 Å². The predicted molar refractivity (Wildman–Crippen MR) is 90.7 cm³/mol. The highest BCUT2D eigenvalue weighted by Gasteiger charge is 2.56. The van der Waals surface area contributed by atoms with Gasteiger partial charge in [0.05, 0.1) is 0 Å². The second-order valence-corrected chi connectivity index (χ2v) is 7.17. The van der Waals surface area contributed by atoms with Crippen molar-refractivity contribution < 1.29 is 9.59 Å². The molecule has 0 aromatic carbocycles. The van der Waals surface area contributed by atoms with E-state index in [1.165, 1.54) is 4.90 Å². The first kappa shape index (κ1) is 16.7. The fraction of sp³-hybridized carbons (Fsp3) is 0.647. The number of amides is 3. The molecule has 1 aromatic rings. The molecule has 0 radical (unpaired) electrons. The van der Waals surface area contributed by atoms with E-state index in [-0.39, 0.29) is 11.9 Å². The Bertz CT molecular complexity index is 652. The van der Waals surface area contributed by atoms with Gasteiger partial charge in [-0.1, -0.05) is 13.8 Å². The number of urea groups is 1. The van der Waals surface area contributed by atoms with Gasteiger partial charge in [-0.3, -0.25) is 9.69 Å². The first-order valence-electron chi connectivity index (χ1n) is 8.49. The van der Waals surface area contributed by atoms with Gasteiger partial charge < -0.3 is 9.80 Å². The standard InChI is InChI=1S/C17H25N5O2/c1-12(2)11-22-16(24)20(4)14(23)17(22)6-9-21(10-7-17)15-18-8-5-13(3)19-15/h5,8,12H,6-7,9-11H2,1-4H3. The van der Waals surface area contributed by atoms with Crippen LogP contribution in [0.25, 0.3) is 0 Å². The normalized spacial score (nSPS) is 20.6. The molecule has 1 aromatic heterocycles. The maximum absolute atomic E-state index is 12.8. The Hall–Kier alpha value is -2.18. The van der Waals surface area contributed by atoms with Gasteiger partial charge in [-0.2, -0.15) is 0 Å². The van der Waals surface area contributed by atoms with Crippen molar-refractivity contribution in [1.82, 2.24) is 19.8 Å². The molecule has 3 heterocycles. The molecule has 0 aliphatic carbocycles. The molecule has 3 rings (SSSR count). The summed E-state index contributed by atoms with van der Waals surface area (Å²) in [5.41, 5.74) is 0.227. The van der Waals surface area contributed by atoms with Gasteiger partial charge in [0.25, 0.3) is 5.91 Å². The number of hydrogen-bond acceptors (Lipinski definition) is 5. The van der Waals surface area contributed by atoms with Crippen LogP contribution in [0.15, 0.2) is 12.3 Å². The molecule has 2 aliphatic heterocycles. The van der Waals surface area contributed by atoms with E-state index < -0.39 is 5.54 Å². The molecule has 2 fully saturated rings. The first-order valence-corrected chi connectivity index (χ1v) is 8.49. The Morgan fingerprint density at radius 2 is 1.92 bits per heavy atom. The summed E-state index contributed by atoms with van der Waals surface area (Å²) in [6.45, 7) is 8.03. The highest BCUT2D eigenvalue weighted by Crippen LogP contribution is 2.37. The molecular weight excluding hydrogens is 306 g/mol. The van der Waals surface area contributed by atoms with Crippen molar-refractivity contribution in [2.75, 3.05) is 31.6 Å². The van der Waals surface area contributed by atoms with Gasteiger partial charge in [0.1, 0.15) is 5.54 Å². The molecule has 0 N–H and O–H groups in total. The number of rotatable bonds is 3. The molecule has 0 saturated carbocycles. The lowest BCUT2D eigenvalue weighted by Crippen LogP contribution is -2.57. The van der Waals surface area contributed by atoms with Gasteiger partial charge in [-0.25, -0.2) is 14.8 Å². The molecule has 3 amide bonds. The van der Waals surface area contributed by atoms with Gasteiger partial charge in [0.15, 0.2) is 0 Å². The van der Waals surface area contributed by atoms with E-state index in [9.17, 15) is 9.59 Å². The van der Waals surface area contributed by atoms with E-state index >= 15 is 0 Å². The van der Waals surface area contributed by atoms with Crippen LogP contribution >= 0.6 is 0 Å². The lowest BCUT2D eigenvalue weighted by molar-refractivity contribution is -0.133. The van der Waals surface area contributed by atoms with Crippen LogP contribution in [0, 0.1) is 12.8 Å². The number of imide groups is 1. The van der Waals surface area contributed by atoms with Gasteiger partial charge in [0.2, 0.25) is 5.95 Å². The van der Waals surface area contributed by atoms with Crippen molar-refractivity contribution in [3.63, 3.8) is 0 Å². The molecule has 130 valence electrons. The summed E-state index contributed by atoms with van der Waals surface area (Å²) in [5.74, 6) is 0.951. The maximum Gasteiger partial charge on any atom is 0.327 e. The molecule has 0 unspecified atom stereocenters. The van der Waals surface area contributed by atoms with Gasteiger partial charge in [0, 0.05) is 38.6 Å². The second kappa shape index (κ2) is 6.03. The minimum absolute atomic E-state index is 0.0713. The fourth-order valence-electron chi connectivity index (χ4n) is 3.65. The average Bonchev–Trinajstić information content (AvgIpc) is 2.72. The molecule has 2 saturated heterocycles. The van der Waals surface area contributed by atoms with Crippen molar-refractivity contribution in [3.05, 3.63) is 18.0 Å². The lowest BCUT2D eigenvalue weighted by Gasteiger charge is -2.42. The Balaban J connectivity index is 1.81. The van der Waals surface area contributed by atoms with Crippen molar-refractivity contribution in [2.24, 2.45) is 5.92 Å². The summed E-state index contributed by atoms with van der Waals surface area (Å²) in [7, 11) is 1.59. The number of anilines is 1. The summed E-state index contributed by atoms with van der Waals surface area (Å²) >= 11 is 0. The summed E-state index contributed by atoms with van der Waals surface area (Å²) in [4.78, 5) is 39.3. The number of carbonyl (C=O) groups excluding carboxylic acids is 2. The third kappa shape index (κ3) is 2.61. The Kier molecular flexibility index (Phi) is 4.19. The van der Waals surface area contributed by atoms with Crippen molar-refractivity contribution in [3.8, 4) is 0 Å². The van der Waals surface area contributed by atoms with Crippen molar-refractivity contribution in [1.29, 1.82) is 0 Å². The van der Waals surface area contributed by atoms with Gasteiger partial charge in [-0.15, -0.1) is 0 Å². The van der Waals surface area contributed by atoms with E-state index in [0.717, 1.165) is 5.69 Å². The molecule has 24 heavy (non-hydrogen) atoms. The highest BCUT2D eigenvalue weighted by molar-refractivity contribution is 6.06. The zero-order valence-electron chi connectivity index (χ0n) is 14.8. The smallest absolute Gasteiger partial charge is 0.327 e. The van der Waals surface area contributed by atoms with Crippen LogP contribution in [0.5, 0.6) is 0 Å². The number of likely N-dealkylation sites (N-methyl/N-ethyl adjacent to an activating group) is 1. The van der Waals surface area contributed by atoms with Crippen molar-refractivity contribution >= 4 is 17.9 Å². The van der Waals surface area contributed by atoms with E-state index in [4.69, 9.17) is 0 Å². The van der Waals surface area contributed by atoms with Gasteiger partial charge in [-0.05, 0) is 31.7 Å². The summed E-state index contributed by atoms with van der Waals surface area (Å²) in [5, 5.41) is 0. The Morgan fingerprint density at radius 1 is 1.25 bits per heavy atom. The van der Waals surface area contributed by atoms with Crippen LogP contribution in [0.3, 0.4) is 0 Å². The van der Waals surface area contributed by atoms with Crippen LogP contribution < -0.4 is 4.90 Å². The Labute approximate surface area is 142 Å². The number of carbonyl (C=O) groups is 2. The lowest BCUT2D eigenvalue weighted by atomic mass is 9.85. The molecule has 0 atom stereocenters. The molecule has 1 spiro atoms. The SMILES string of the molecule is Cc1ccnc(N2CCC3(CC2)C(=O)N(C)C(=O)N3CC(C)C)n1. The largest absolute Gasteiger partial charge is 0.341 e. The third-order valence-corrected chi connectivity index (χ3v) is 4.94. The second-order valence-electron chi connectivity index (χ2n) is 7.17. The van der Waals surface area contributed by atoms with E-state index in [0.29, 0.717) is 44.3 Å². The summed E-state index contributed by atoms with van der Waals surface area (Å²) in [6, 6.07) is 1.70. The average molecular weight is 331 g/mol. The quantitative estimate of drug-likeness (QED) is 0.788. The van der Waals surface area contributed by atoms with Crippen LogP contribution in [0.2, 0.25) is 0 Å². The van der Waals surface area contributed by atoms with Crippen LogP contribution in [-0.2, 0) is 4.79 Å². The zero-order valence-corrected chi connectivity index (χ0v) is 14.8. The topological polar surface area (TPSA) is 69.6 Å². The molecular formula is C17H25N5O2. The van der Waals surface area contributed by atoms with Gasteiger partial charge >= 0.3 is 6.03 Å².